The molecule has 0 saturated heterocycles. The van der Waals surface area contributed by atoms with E-state index in [1.54, 1.807) is 12.3 Å². The molecule has 0 amide bonds. The van der Waals surface area contributed by atoms with Gasteiger partial charge in [-0.05, 0) is 43.3 Å². The third kappa shape index (κ3) is 3.77. The molecular formula is C26H21BrN2O5. The van der Waals surface area contributed by atoms with Gasteiger partial charge in [-0.1, -0.05) is 22.0 Å². The summed E-state index contributed by atoms with van der Waals surface area (Å²) in [5.74, 6) is 2.16. The predicted octanol–water partition coefficient (Wildman–Crippen LogP) is 4.99. The van der Waals surface area contributed by atoms with Gasteiger partial charge in [-0.3, -0.25) is 14.7 Å². The number of hydrogen-bond donors (Lipinski definition) is 0. The minimum absolute atomic E-state index is 0.150. The number of pyridine rings is 1. The summed E-state index contributed by atoms with van der Waals surface area (Å²) < 4.78 is 24.1. The molecule has 0 fully saturated rings. The van der Waals surface area contributed by atoms with E-state index in [0.29, 0.717) is 43.5 Å². The Morgan fingerprint density at radius 1 is 1.12 bits per heavy atom. The highest BCUT2D eigenvalue weighted by Crippen LogP contribution is 2.44. The predicted molar refractivity (Wildman–Crippen MR) is 128 cm³/mol. The second-order valence-electron chi connectivity index (χ2n) is 8.48. The number of benzene rings is 2. The molecule has 2 aromatic carbocycles. The van der Waals surface area contributed by atoms with Crippen molar-refractivity contribution >= 4 is 27.8 Å². The molecule has 1 aromatic heterocycles. The van der Waals surface area contributed by atoms with Crippen molar-refractivity contribution in [2.75, 3.05) is 13.5 Å². The average molecular weight is 521 g/mol. The highest BCUT2D eigenvalue weighted by Gasteiger charge is 2.34. The maximum atomic E-state index is 13.3. The first-order chi connectivity index (χ1) is 16.6. The van der Waals surface area contributed by atoms with Crippen molar-refractivity contribution in [2.24, 2.45) is 0 Å². The van der Waals surface area contributed by atoms with Gasteiger partial charge in [0.1, 0.15) is 24.0 Å². The molecule has 34 heavy (non-hydrogen) atoms. The summed E-state index contributed by atoms with van der Waals surface area (Å²) in [4.78, 5) is 19.9. The Bertz CT molecular complexity index is 1340. The number of carbonyl (C=O) groups excluding carboxylic acids is 1. The van der Waals surface area contributed by atoms with Crippen LogP contribution in [0.2, 0.25) is 0 Å². The van der Waals surface area contributed by atoms with E-state index in [9.17, 15) is 4.79 Å². The molecule has 3 aromatic rings. The average Bonchev–Trinajstić information content (AvgIpc) is 3.15. The van der Waals surface area contributed by atoms with Crippen LogP contribution in [0.5, 0.6) is 17.2 Å². The molecule has 0 saturated carbocycles. The second kappa shape index (κ2) is 8.54. The molecule has 0 bridgehead atoms. The van der Waals surface area contributed by atoms with Crippen LogP contribution in [0.1, 0.15) is 38.3 Å². The lowest BCUT2D eigenvalue weighted by molar-refractivity contribution is -0.0165. The van der Waals surface area contributed by atoms with Crippen molar-refractivity contribution in [3.63, 3.8) is 0 Å². The van der Waals surface area contributed by atoms with Crippen LogP contribution in [0.15, 0.2) is 52.8 Å². The van der Waals surface area contributed by atoms with Crippen molar-refractivity contribution in [3.8, 4) is 17.2 Å². The highest BCUT2D eigenvalue weighted by molar-refractivity contribution is 9.10. The van der Waals surface area contributed by atoms with E-state index in [1.807, 2.05) is 43.3 Å². The third-order valence-corrected chi connectivity index (χ3v) is 6.56. The van der Waals surface area contributed by atoms with Crippen LogP contribution in [0.4, 0.5) is 0 Å². The molecule has 0 radical (unpaired) electrons. The Hall–Kier alpha value is -3.20. The molecule has 0 N–H and O–H groups in total. The minimum atomic E-state index is -0.150. The van der Waals surface area contributed by atoms with Gasteiger partial charge in [0.2, 0.25) is 5.78 Å². The van der Waals surface area contributed by atoms with Crippen LogP contribution in [0, 0.1) is 6.92 Å². The molecule has 0 aliphatic carbocycles. The number of allylic oxidation sites excluding steroid dienone is 1. The summed E-state index contributed by atoms with van der Waals surface area (Å²) in [5.41, 5.74) is 5.02. The van der Waals surface area contributed by atoms with E-state index >= 15 is 0 Å². The van der Waals surface area contributed by atoms with Gasteiger partial charge in [0.05, 0.1) is 17.9 Å². The lowest BCUT2D eigenvalue weighted by Gasteiger charge is -2.30. The van der Waals surface area contributed by atoms with Crippen molar-refractivity contribution in [1.29, 1.82) is 0 Å². The number of hydrogen-bond acceptors (Lipinski definition) is 7. The monoisotopic (exact) mass is 520 g/mol. The maximum absolute atomic E-state index is 13.3. The fourth-order valence-corrected chi connectivity index (χ4v) is 5.10. The molecule has 0 spiro atoms. The van der Waals surface area contributed by atoms with E-state index in [4.69, 9.17) is 18.9 Å². The molecule has 6 rings (SSSR count). The molecule has 172 valence electrons. The van der Waals surface area contributed by atoms with Gasteiger partial charge in [0, 0.05) is 46.0 Å². The number of rotatable bonds is 3. The fraction of sp³-hybridized carbons (Fsp3) is 0.231. The molecule has 3 aliphatic rings. The van der Waals surface area contributed by atoms with Gasteiger partial charge in [-0.2, -0.15) is 0 Å². The van der Waals surface area contributed by atoms with Crippen molar-refractivity contribution in [2.45, 2.75) is 26.6 Å². The Balaban J connectivity index is 1.31. The zero-order valence-corrected chi connectivity index (χ0v) is 20.1. The first-order valence-electron chi connectivity index (χ1n) is 11.0. The number of fused-ring (bicyclic) bond motifs is 3. The number of carbonyl (C=O) groups is 1. The van der Waals surface area contributed by atoms with Crippen molar-refractivity contribution < 1.29 is 23.7 Å². The number of halogens is 1. The van der Waals surface area contributed by atoms with Gasteiger partial charge in [0.15, 0.2) is 12.6 Å². The molecular weight excluding hydrogens is 500 g/mol. The summed E-state index contributed by atoms with van der Waals surface area (Å²) >= 11 is 3.53. The zero-order valence-electron chi connectivity index (χ0n) is 18.5. The van der Waals surface area contributed by atoms with E-state index in [2.05, 4.69) is 25.8 Å². The lowest BCUT2D eigenvalue weighted by Crippen LogP contribution is -2.32. The van der Waals surface area contributed by atoms with Gasteiger partial charge >= 0.3 is 0 Å². The Morgan fingerprint density at radius 2 is 2.03 bits per heavy atom. The Morgan fingerprint density at radius 3 is 2.88 bits per heavy atom. The standard InChI is InChI=1S/C26H21BrN2O5/c1-15-24-17(10-29(13-32-24)11-20-4-2-3-5-28-20)8-21-23(30)22(34-25(15)21)9-16-6-19(27)7-18-12-31-14-33-26(16)18/h2-9H,10-14H2,1H3/b22-9-. The van der Waals surface area contributed by atoms with Crippen molar-refractivity contribution in [3.05, 3.63) is 86.3 Å². The van der Waals surface area contributed by atoms with Gasteiger partial charge in [0.25, 0.3) is 0 Å². The van der Waals surface area contributed by atoms with Crippen LogP contribution in [-0.2, 0) is 24.4 Å². The Labute approximate surface area is 205 Å². The van der Waals surface area contributed by atoms with E-state index in [1.165, 1.54) is 0 Å². The van der Waals surface area contributed by atoms with Gasteiger partial charge in [-0.25, -0.2) is 0 Å². The highest BCUT2D eigenvalue weighted by atomic mass is 79.9. The molecule has 4 heterocycles. The molecule has 3 aliphatic heterocycles. The summed E-state index contributed by atoms with van der Waals surface area (Å²) in [6.45, 7) is 4.35. The number of nitrogens with zero attached hydrogens (tertiary/aromatic N) is 2. The summed E-state index contributed by atoms with van der Waals surface area (Å²) in [6.07, 6.45) is 3.53. The SMILES string of the molecule is Cc1c2c(cc3c1O/C(=C\c1cc(Br)cc4c1OCOC4)C3=O)CN(Cc1ccccn1)CO2. The normalized spacial score (nSPS) is 17.9. The largest absolute Gasteiger partial charge is 0.477 e. The summed E-state index contributed by atoms with van der Waals surface area (Å²) in [5, 5.41) is 0. The minimum Gasteiger partial charge on any atom is -0.477 e. The topological polar surface area (TPSA) is 70.1 Å². The van der Waals surface area contributed by atoms with E-state index in [-0.39, 0.29) is 18.3 Å². The van der Waals surface area contributed by atoms with Crippen LogP contribution < -0.4 is 14.2 Å². The molecule has 0 atom stereocenters. The summed E-state index contributed by atoms with van der Waals surface area (Å²) in [7, 11) is 0. The number of aromatic nitrogens is 1. The van der Waals surface area contributed by atoms with Crippen molar-refractivity contribution in [1.82, 2.24) is 9.88 Å². The smallest absolute Gasteiger partial charge is 0.231 e. The summed E-state index contributed by atoms with van der Waals surface area (Å²) in [6, 6.07) is 11.6. The maximum Gasteiger partial charge on any atom is 0.231 e. The Kier molecular flexibility index (Phi) is 5.36. The second-order valence-corrected chi connectivity index (χ2v) is 9.40. The molecule has 8 heteroatoms. The third-order valence-electron chi connectivity index (χ3n) is 6.10. The van der Waals surface area contributed by atoms with E-state index in [0.717, 1.165) is 38.2 Å². The quantitative estimate of drug-likeness (QED) is 0.450. The number of ketones is 1. The first-order valence-corrected chi connectivity index (χ1v) is 11.7. The van der Waals surface area contributed by atoms with Crippen LogP contribution >= 0.6 is 15.9 Å². The van der Waals surface area contributed by atoms with Gasteiger partial charge < -0.3 is 18.9 Å². The molecule has 7 nitrogen and oxygen atoms in total. The van der Waals surface area contributed by atoms with Gasteiger partial charge in [-0.15, -0.1) is 0 Å². The fourth-order valence-electron chi connectivity index (χ4n) is 4.58. The number of Topliss-reactive ketones (excluding diaryl/α,β-unsaturated/α-hetero) is 1. The van der Waals surface area contributed by atoms with E-state index < -0.39 is 0 Å². The van der Waals surface area contributed by atoms with Crippen LogP contribution in [0.3, 0.4) is 0 Å². The van der Waals surface area contributed by atoms with Crippen LogP contribution in [-0.4, -0.2) is 29.2 Å². The first kappa shape index (κ1) is 21.3. The number of ether oxygens (including phenoxy) is 4. The lowest BCUT2D eigenvalue weighted by atomic mass is 9.99. The zero-order chi connectivity index (χ0) is 23.2. The van der Waals surface area contributed by atoms with Crippen LogP contribution in [0.25, 0.3) is 6.08 Å². The molecule has 0 unspecified atom stereocenters.